The fourth-order valence-corrected chi connectivity index (χ4v) is 3.38. The summed E-state index contributed by atoms with van der Waals surface area (Å²) in [6.45, 7) is 0.544. The average Bonchev–Trinajstić information content (AvgIpc) is 2.79. The molecular formula is C20H21N7Na2O7. The summed E-state index contributed by atoms with van der Waals surface area (Å²) in [5, 5.41) is 29.9. The predicted octanol–water partition coefficient (Wildman–Crippen LogP) is -9.39. The molecular weight excluding hydrogens is 496 g/mol. The maximum atomic E-state index is 12.3. The van der Waals surface area contributed by atoms with E-state index in [1.54, 1.807) is 12.1 Å². The van der Waals surface area contributed by atoms with Gasteiger partial charge in [0, 0.05) is 30.3 Å². The third kappa shape index (κ3) is 7.94. The zero-order valence-electron chi connectivity index (χ0n) is 19.7. The van der Waals surface area contributed by atoms with Crippen molar-refractivity contribution in [3.8, 4) is 0 Å². The van der Waals surface area contributed by atoms with Gasteiger partial charge in [0.05, 0.1) is 18.1 Å². The molecule has 6 N–H and O–H groups in total. The number of carboxylic acid groups (broad SMARTS) is 2. The Morgan fingerprint density at radius 3 is 2.47 bits per heavy atom. The number of anilines is 4. The van der Waals surface area contributed by atoms with Gasteiger partial charge in [-0.15, -0.1) is 0 Å². The molecule has 2 atom stereocenters. The summed E-state index contributed by atoms with van der Waals surface area (Å²) in [6.07, 6.45) is -0.386. The first-order valence-corrected chi connectivity index (χ1v) is 10.1. The molecule has 2 aromatic rings. The van der Waals surface area contributed by atoms with Gasteiger partial charge in [-0.3, -0.25) is 19.4 Å². The van der Waals surface area contributed by atoms with Crippen LogP contribution in [0.1, 0.15) is 23.2 Å². The molecule has 2 heterocycles. The van der Waals surface area contributed by atoms with Crippen molar-refractivity contribution >= 4 is 47.4 Å². The average molecular weight is 517 g/mol. The molecule has 180 valence electrons. The molecule has 0 unspecified atom stereocenters. The number of aromatic nitrogens is 2. The van der Waals surface area contributed by atoms with E-state index in [0.29, 0.717) is 18.6 Å². The minimum absolute atomic E-state index is 0. The number of aliphatic carboxylic acids is 2. The topological polar surface area (TPSA) is 225 Å². The van der Waals surface area contributed by atoms with Crippen LogP contribution >= 0.6 is 0 Å². The van der Waals surface area contributed by atoms with Gasteiger partial charge in [-0.05, 0) is 37.1 Å². The quantitative estimate of drug-likeness (QED) is 0.147. The number of H-pyrrole nitrogens is 1. The van der Waals surface area contributed by atoms with Gasteiger partial charge in [-0.1, -0.05) is 0 Å². The molecule has 36 heavy (non-hydrogen) atoms. The van der Waals surface area contributed by atoms with Crippen molar-refractivity contribution in [2.75, 3.05) is 34.4 Å². The first kappa shape index (κ1) is 31.4. The standard InChI is InChI=1S/C20H23N7O7.2Na/c21-20-25-16-15(18(32)26-20)27(9-28)12(8-23-16)7-22-11-3-1-10(2-4-11)17(31)24-13(19(33)34)5-6-14(29)30;;/h1-4,9,12-13,22H,5-8H2,(H,24,31)(H,29,30)(H,33,34)(H4,21,23,25,26,32);;/q;2*+1/p-2/t12-,13-;;/m0../s1. The third-order valence-corrected chi connectivity index (χ3v) is 5.10. The van der Waals surface area contributed by atoms with Crippen LogP contribution in [0, 0.1) is 0 Å². The Morgan fingerprint density at radius 2 is 1.89 bits per heavy atom. The fraction of sp³-hybridized carbons (Fsp3) is 0.300. The van der Waals surface area contributed by atoms with Gasteiger partial charge >= 0.3 is 59.1 Å². The van der Waals surface area contributed by atoms with Crippen LogP contribution in [-0.4, -0.2) is 59.4 Å². The van der Waals surface area contributed by atoms with E-state index < -0.39 is 41.9 Å². The van der Waals surface area contributed by atoms with Crippen LogP contribution in [-0.2, 0) is 14.4 Å². The molecule has 0 spiro atoms. The molecule has 0 fully saturated rings. The van der Waals surface area contributed by atoms with Crippen molar-refractivity contribution in [2.24, 2.45) is 0 Å². The predicted molar refractivity (Wildman–Crippen MR) is 116 cm³/mol. The van der Waals surface area contributed by atoms with Crippen LogP contribution in [0.4, 0.5) is 23.1 Å². The molecule has 16 heteroatoms. The number of nitrogens with zero attached hydrogens (tertiary/aromatic N) is 2. The van der Waals surface area contributed by atoms with Gasteiger partial charge < -0.3 is 46.4 Å². The van der Waals surface area contributed by atoms with Crippen LogP contribution in [0.2, 0.25) is 0 Å². The summed E-state index contributed by atoms with van der Waals surface area (Å²) < 4.78 is 0. The van der Waals surface area contributed by atoms with Crippen molar-refractivity contribution in [3.63, 3.8) is 0 Å². The largest absolute Gasteiger partial charge is 1.00 e. The molecule has 1 aromatic heterocycles. The van der Waals surface area contributed by atoms with E-state index in [2.05, 4.69) is 25.9 Å². The van der Waals surface area contributed by atoms with Gasteiger partial charge in [-0.25, -0.2) is 0 Å². The normalized spacial score (nSPS) is 14.6. The number of carbonyl (C=O) groups is 4. The number of nitrogen functional groups attached to an aromatic ring is 1. The molecule has 0 saturated heterocycles. The Labute approximate surface area is 249 Å². The van der Waals surface area contributed by atoms with E-state index in [9.17, 15) is 34.2 Å². The number of amides is 2. The second kappa shape index (κ2) is 14.2. The Kier molecular flexibility index (Phi) is 12.4. The second-order valence-electron chi connectivity index (χ2n) is 7.41. The number of fused-ring (bicyclic) bond motifs is 1. The molecule has 1 aliphatic heterocycles. The van der Waals surface area contributed by atoms with E-state index in [-0.39, 0.29) is 95.1 Å². The molecule has 0 radical (unpaired) electrons. The van der Waals surface area contributed by atoms with Crippen LogP contribution in [0.15, 0.2) is 29.1 Å². The maximum absolute atomic E-state index is 12.3. The minimum atomic E-state index is -1.60. The summed E-state index contributed by atoms with van der Waals surface area (Å²) in [4.78, 5) is 65.4. The van der Waals surface area contributed by atoms with Crippen molar-refractivity contribution in [1.82, 2.24) is 15.3 Å². The Morgan fingerprint density at radius 1 is 1.22 bits per heavy atom. The monoisotopic (exact) mass is 517 g/mol. The van der Waals surface area contributed by atoms with Crippen LogP contribution in [0.25, 0.3) is 0 Å². The van der Waals surface area contributed by atoms with Crippen LogP contribution < -0.4 is 101 Å². The number of hydrogen-bond acceptors (Lipinski definition) is 11. The fourth-order valence-electron chi connectivity index (χ4n) is 3.38. The molecule has 0 saturated carbocycles. The van der Waals surface area contributed by atoms with E-state index >= 15 is 0 Å². The summed E-state index contributed by atoms with van der Waals surface area (Å²) in [6, 6.07) is 4.08. The van der Waals surface area contributed by atoms with Gasteiger partial charge in [0.2, 0.25) is 12.4 Å². The van der Waals surface area contributed by atoms with Crippen LogP contribution in [0.5, 0.6) is 0 Å². The smallest absolute Gasteiger partial charge is 0.550 e. The zero-order valence-corrected chi connectivity index (χ0v) is 23.7. The van der Waals surface area contributed by atoms with Crippen LogP contribution in [0.3, 0.4) is 0 Å². The van der Waals surface area contributed by atoms with E-state index in [0.717, 1.165) is 0 Å². The summed E-state index contributed by atoms with van der Waals surface area (Å²) in [7, 11) is 0. The van der Waals surface area contributed by atoms with Gasteiger partial charge in [0.1, 0.15) is 0 Å². The minimum Gasteiger partial charge on any atom is -0.550 e. The third-order valence-electron chi connectivity index (χ3n) is 5.10. The Hall–Kier alpha value is -2.62. The van der Waals surface area contributed by atoms with Gasteiger partial charge in [0.15, 0.2) is 11.5 Å². The molecule has 1 aliphatic rings. The van der Waals surface area contributed by atoms with E-state index in [4.69, 9.17) is 5.73 Å². The second-order valence-corrected chi connectivity index (χ2v) is 7.41. The molecule has 0 aliphatic carbocycles. The maximum Gasteiger partial charge on any atom is 1.00 e. The summed E-state index contributed by atoms with van der Waals surface area (Å²) >= 11 is 0. The number of aromatic amines is 1. The number of benzene rings is 1. The first-order valence-electron chi connectivity index (χ1n) is 10.1. The molecule has 2 amide bonds. The van der Waals surface area contributed by atoms with Crippen molar-refractivity contribution in [3.05, 3.63) is 40.2 Å². The number of nitrogens with two attached hydrogens (primary N) is 1. The number of rotatable bonds is 10. The van der Waals surface area contributed by atoms with Crippen molar-refractivity contribution < 1.29 is 88.5 Å². The van der Waals surface area contributed by atoms with E-state index in [1.165, 1.54) is 17.0 Å². The molecule has 3 rings (SSSR count). The van der Waals surface area contributed by atoms with Gasteiger partial charge in [0.25, 0.3) is 11.5 Å². The van der Waals surface area contributed by atoms with Crippen molar-refractivity contribution in [2.45, 2.75) is 24.9 Å². The SMILES string of the molecule is Nc1nc2c(c(=O)[nH]1)N(C=O)[C@@H](CNc1ccc(C(=O)N[C@@H](CCC(=O)[O-])C(=O)[O-])cc1)CN2.[Na+].[Na+]. The number of nitrogens with one attached hydrogen (secondary N) is 4. The Balaban J connectivity index is 0.00000324. The van der Waals surface area contributed by atoms with E-state index in [1.807, 2.05) is 0 Å². The van der Waals surface area contributed by atoms with Gasteiger partial charge in [-0.2, -0.15) is 4.98 Å². The molecule has 1 aromatic carbocycles. The number of carbonyl (C=O) groups excluding carboxylic acids is 4. The summed E-state index contributed by atoms with van der Waals surface area (Å²) in [5.41, 5.74) is 5.75. The number of hydrogen-bond donors (Lipinski definition) is 5. The van der Waals surface area contributed by atoms with Crippen molar-refractivity contribution in [1.29, 1.82) is 0 Å². The summed E-state index contributed by atoms with van der Waals surface area (Å²) in [5.74, 6) is -3.63. The Bertz CT molecular complexity index is 1160. The first-order chi connectivity index (χ1) is 16.2. The molecule has 0 bridgehead atoms. The molecule has 14 nitrogen and oxygen atoms in total. The zero-order chi connectivity index (χ0) is 24.8. The number of carboxylic acids is 2.